The predicted octanol–water partition coefficient (Wildman–Crippen LogP) is 1.84. The summed E-state index contributed by atoms with van der Waals surface area (Å²) in [7, 11) is -3.49. The van der Waals surface area contributed by atoms with Crippen molar-refractivity contribution in [1.82, 2.24) is 13.5 Å². The summed E-state index contributed by atoms with van der Waals surface area (Å²) in [6.45, 7) is 3.27. The largest absolute Gasteiger partial charge is 0.492 e. The van der Waals surface area contributed by atoms with Gasteiger partial charge in [-0.15, -0.1) is 0 Å². The molecule has 2 aliphatic rings. The van der Waals surface area contributed by atoms with E-state index in [0.29, 0.717) is 52.5 Å². The molecule has 2 saturated heterocycles. The van der Waals surface area contributed by atoms with E-state index in [-0.39, 0.29) is 18.9 Å². The van der Waals surface area contributed by atoms with Crippen LogP contribution in [0.2, 0.25) is 0 Å². The lowest BCUT2D eigenvalue weighted by Crippen LogP contribution is -2.55. The molecule has 0 aromatic heterocycles. The lowest BCUT2D eigenvalue weighted by molar-refractivity contribution is -0.132. The Bertz CT molecular complexity index is 1000. The number of rotatable bonds is 7. The second-order valence-corrected chi connectivity index (χ2v) is 9.69. The molecular formula is C23H29N3O5S. The maximum Gasteiger partial charge on any atom is 0.282 e. The van der Waals surface area contributed by atoms with E-state index in [2.05, 4.69) is 0 Å². The van der Waals surface area contributed by atoms with E-state index in [9.17, 15) is 13.2 Å². The number of para-hydroxylation sites is 1. The van der Waals surface area contributed by atoms with Crippen molar-refractivity contribution >= 4 is 16.1 Å². The summed E-state index contributed by atoms with van der Waals surface area (Å²) in [5, 5.41) is 0. The van der Waals surface area contributed by atoms with Gasteiger partial charge in [0.25, 0.3) is 10.2 Å². The summed E-state index contributed by atoms with van der Waals surface area (Å²) < 4.78 is 39.6. The summed E-state index contributed by atoms with van der Waals surface area (Å²) in [5.74, 6) is 0.721. The van der Waals surface area contributed by atoms with Crippen molar-refractivity contribution in [3.8, 4) is 16.9 Å². The fourth-order valence-corrected chi connectivity index (χ4v) is 5.53. The summed E-state index contributed by atoms with van der Waals surface area (Å²) in [4.78, 5) is 14.4. The van der Waals surface area contributed by atoms with Crippen LogP contribution in [-0.4, -0.2) is 86.9 Å². The summed E-state index contributed by atoms with van der Waals surface area (Å²) >= 11 is 0. The summed E-state index contributed by atoms with van der Waals surface area (Å²) in [5.41, 5.74) is 2.05. The van der Waals surface area contributed by atoms with Crippen molar-refractivity contribution in [2.75, 3.05) is 59.1 Å². The number of amides is 1. The number of morpholine rings is 1. The van der Waals surface area contributed by atoms with E-state index in [1.807, 2.05) is 54.6 Å². The third-order valence-corrected chi connectivity index (χ3v) is 7.79. The van der Waals surface area contributed by atoms with Gasteiger partial charge in [-0.1, -0.05) is 48.5 Å². The highest BCUT2D eigenvalue weighted by molar-refractivity contribution is 7.86. The molecule has 2 heterocycles. The molecule has 4 rings (SSSR count). The quantitative estimate of drug-likeness (QED) is 0.631. The van der Waals surface area contributed by atoms with Crippen LogP contribution in [0.4, 0.5) is 0 Å². The molecular weight excluding hydrogens is 430 g/mol. The molecule has 172 valence electrons. The van der Waals surface area contributed by atoms with Crippen molar-refractivity contribution < 1.29 is 22.7 Å². The minimum Gasteiger partial charge on any atom is -0.492 e. The molecule has 2 aromatic rings. The van der Waals surface area contributed by atoms with Crippen molar-refractivity contribution in [2.45, 2.75) is 6.42 Å². The van der Waals surface area contributed by atoms with E-state index in [0.717, 1.165) is 16.9 Å². The van der Waals surface area contributed by atoms with Crippen LogP contribution in [0.15, 0.2) is 54.6 Å². The summed E-state index contributed by atoms with van der Waals surface area (Å²) in [6.07, 6.45) is 0.249. The molecule has 9 heteroatoms. The van der Waals surface area contributed by atoms with Crippen molar-refractivity contribution in [3.63, 3.8) is 0 Å². The van der Waals surface area contributed by atoms with E-state index in [1.54, 1.807) is 4.90 Å². The number of piperazine rings is 1. The number of nitrogens with zero attached hydrogens (tertiary/aromatic N) is 3. The minimum atomic E-state index is -3.49. The molecule has 0 N–H and O–H groups in total. The van der Waals surface area contributed by atoms with Gasteiger partial charge in [0.2, 0.25) is 5.91 Å². The molecule has 2 aliphatic heterocycles. The first-order valence-corrected chi connectivity index (χ1v) is 12.3. The minimum absolute atomic E-state index is 0.0226. The van der Waals surface area contributed by atoms with Crippen LogP contribution in [0.25, 0.3) is 11.1 Å². The molecule has 0 unspecified atom stereocenters. The van der Waals surface area contributed by atoms with E-state index in [4.69, 9.17) is 9.47 Å². The number of carbonyl (C=O) groups excluding carboxylic acids is 1. The lowest BCUT2D eigenvalue weighted by Gasteiger charge is -2.37. The van der Waals surface area contributed by atoms with Crippen molar-refractivity contribution in [3.05, 3.63) is 54.6 Å². The van der Waals surface area contributed by atoms with E-state index < -0.39 is 10.2 Å². The number of ether oxygens (including phenoxy) is 2. The second-order valence-electron chi connectivity index (χ2n) is 7.76. The number of hydrogen-bond donors (Lipinski definition) is 0. The van der Waals surface area contributed by atoms with E-state index >= 15 is 0 Å². The molecule has 0 spiro atoms. The zero-order chi connectivity index (χ0) is 22.4. The van der Waals surface area contributed by atoms with Gasteiger partial charge in [-0.05, 0) is 11.6 Å². The highest BCUT2D eigenvalue weighted by atomic mass is 32.2. The SMILES string of the molecule is O=C(CCOc1ccccc1-c1ccccc1)N1CCN(S(=O)(=O)N2CCOCC2)CC1. The third-order valence-electron chi connectivity index (χ3n) is 5.76. The molecule has 2 fully saturated rings. The Labute approximate surface area is 189 Å². The van der Waals surface area contributed by atoms with Crippen molar-refractivity contribution in [2.24, 2.45) is 0 Å². The number of benzene rings is 2. The smallest absolute Gasteiger partial charge is 0.282 e. The lowest BCUT2D eigenvalue weighted by atomic mass is 10.1. The topological polar surface area (TPSA) is 79.4 Å². The highest BCUT2D eigenvalue weighted by Crippen LogP contribution is 2.29. The fraction of sp³-hybridized carbons (Fsp3) is 0.435. The Morgan fingerprint density at radius 1 is 0.844 bits per heavy atom. The standard InChI is InChI=1S/C23H29N3O5S/c27-23(10-17-31-22-9-5-4-8-21(22)20-6-2-1-3-7-20)24-11-13-25(14-12-24)32(28,29)26-15-18-30-19-16-26/h1-9H,10-19H2. The number of hydrogen-bond acceptors (Lipinski definition) is 5. The van der Waals surface area contributed by atoms with Crippen LogP contribution in [0.1, 0.15) is 6.42 Å². The van der Waals surface area contributed by atoms with Gasteiger partial charge in [-0.25, -0.2) is 0 Å². The van der Waals surface area contributed by atoms with Gasteiger partial charge in [0.1, 0.15) is 5.75 Å². The third kappa shape index (κ3) is 5.29. The normalized spacial score (nSPS) is 18.4. The zero-order valence-corrected chi connectivity index (χ0v) is 18.9. The Kier molecular flexibility index (Phi) is 7.41. The first kappa shape index (κ1) is 22.7. The Morgan fingerprint density at radius 2 is 1.47 bits per heavy atom. The average Bonchev–Trinajstić information content (AvgIpc) is 2.85. The van der Waals surface area contributed by atoms with Gasteiger partial charge in [0.15, 0.2) is 0 Å². The molecule has 1 amide bonds. The van der Waals surface area contributed by atoms with Crippen LogP contribution in [0, 0.1) is 0 Å². The van der Waals surface area contributed by atoms with Gasteiger partial charge in [0, 0.05) is 44.8 Å². The average molecular weight is 460 g/mol. The zero-order valence-electron chi connectivity index (χ0n) is 18.1. The molecule has 32 heavy (non-hydrogen) atoms. The van der Waals surface area contributed by atoms with Crippen LogP contribution < -0.4 is 4.74 Å². The molecule has 0 aliphatic carbocycles. The molecule has 0 atom stereocenters. The van der Waals surface area contributed by atoms with Crippen LogP contribution in [0.3, 0.4) is 0 Å². The Balaban J connectivity index is 1.27. The van der Waals surface area contributed by atoms with Gasteiger partial charge >= 0.3 is 0 Å². The van der Waals surface area contributed by atoms with Crippen molar-refractivity contribution in [1.29, 1.82) is 0 Å². The number of carbonyl (C=O) groups is 1. The fourth-order valence-electron chi connectivity index (χ4n) is 3.96. The molecule has 0 saturated carbocycles. The van der Waals surface area contributed by atoms with Crippen LogP contribution >= 0.6 is 0 Å². The molecule has 0 radical (unpaired) electrons. The Hall–Kier alpha value is -2.46. The van der Waals surface area contributed by atoms with Crippen LogP contribution in [-0.2, 0) is 19.7 Å². The molecule has 0 bridgehead atoms. The first-order valence-electron chi connectivity index (χ1n) is 10.9. The Morgan fingerprint density at radius 3 is 2.19 bits per heavy atom. The maximum absolute atomic E-state index is 12.8. The van der Waals surface area contributed by atoms with Crippen LogP contribution in [0.5, 0.6) is 5.75 Å². The van der Waals surface area contributed by atoms with E-state index in [1.165, 1.54) is 8.61 Å². The van der Waals surface area contributed by atoms with Gasteiger partial charge in [0.05, 0.1) is 26.2 Å². The van der Waals surface area contributed by atoms with Gasteiger partial charge in [-0.3, -0.25) is 4.79 Å². The monoisotopic (exact) mass is 459 g/mol. The summed E-state index contributed by atoms with van der Waals surface area (Å²) in [6, 6.07) is 17.8. The second kappa shape index (κ2) is 10.4. The van der Waals surface area contributed by atoms with Gasteiger partial charge < -0.3 is 14.4 Å². The maximum atomic E-state index is 12.8. The van der Waals surface area contributed by atoms with Gasteiger partial charge in [-0.2, -0.15) is 17.0 Å². The highest BCUT2D eigenvalue weighted by Gasteiger charge is 2.34. The molecule has 8 nitrogen and oxygen atoms in total. The molecule has 2 aromatic carbocycles. The predicted molar refractivity (Wildman–Crippen MR) is 121 cm³/mol. The first-order chi connectivity index (χ1) is 15.6.